The van der Waals surface area contributed by atoms with E-state index in [0.29, 0.717) is 39.5 Å². The van der Waals surface area contributed by atoms with Gasteiger partial charge in [0, 0.05) is 18.5 Å². The van der Waals surface area contributed by atoms with Crippen molar-refractivity contribution in [3.8, 4) is 0 Å². The van der Waals surface area contributed by atoms with Crippen LogP contribution in [-0.2, 0) is 18.3 Å². The van der Waals surface area contributed by atoms with Crippen molar-refractivity contribution in [1.29, 1.82) is 0 Å². The molecule has 0 saturated heterocycles. The molecule has 1 heterocycles. The lowest BCUT2D eigenvalue weighted by molar-refractivity contribution is -0.121. The molecular weight excluding hydrogens is 374 g/mol. The summed E-state index contributed by atoms with van der Waals surface area (Å²) in [6.07, 6.45) is 3.55. The Balaban J connectivity index is 1.59. The Morgan fingerprint density at radius 1 is 1.21 bits per heavy atom. The number of nitrogens with zero attached hydrogens (tertiary/aromatic N) is 2. The molecule has 1 aromatic heterocycles. The maximum absolute atomic E-state index is 12.4. The van der Waals surface area contributed by atoms with Crippen LogP contribution in [0.1, 0.15) is 38.8 Å². The monoisotopic (exact) mass is 401 g/mol. The zero-order chi connectivity index (χ0) is 20.3. The molecule has 0 radical (unpaired) electrons. The maximum atomic E-state index is 12.4. The number of aryl methyl sites for hydroxylation is 1. The fourth-order valence-corrected chi connectivity index (χ4v) is 4.02. The number of carbonyl (C=O) groups excluding carboxylic acids is 1. The van der Waals surface area contributed by atoms with Crippen LogP contribution in [0.4, 0.5) is 0 Å². The Bertz CT molecular complexity index is 942. The predicted molar refractivity (Wildman–Crippen MR) is 114 cm³/mol. The fourth-order valence-electron chi connectivity index (χ4n) is 3.82. The number of hydrogen-bond donors (Lipinski definition) is 3. The minimum atomic E-state index is -0.273. The summed E-state index contributed by atoms with van der Waals surface area (Å²) in [5, 5.41) is 9.21. The SMILES string of the molecule is C[C@@H]1[C@H](C)CCC[C@H]1NC(=S)NNC(=O)Cc1nn(C)c(=O)c2ccccc12. The largest absolute Gasteiger partial charge is 0.358 e. The maximum Gasteiger partial charge on any atom is 0.274 e. The third-order valence-corrected chi connectivity index (χ3v) is 5.92. The number of aromatic nitrogens is 2. The van der Waals surface area contributed by atoms with Crippen molar-refractivity contribution in [1.82, 2.24) is 25.9 Å². The molecule has 1 aliphatic rings. The summed E-state index contributed by atoms with van der Waals surface area (Å²) in [6, 6.07) is 7.48. The minimum Gasteiger partial charge on any atom is -0.358 e. The van der Waals surface area contributed by atoms with Crippen LogP contribution in [0, 0.1) is 11.8 Å². The first-order chi connectivity index (χ1) is 13.4. The molecule has 3 rings (SSSR count). The molecule has 28 heavy (non-hydrogen) atoms. The van der Waals surface area contributed by atoms with Crippen LogP contribution < -0.4 is 21.7 Å². The van der Waals surface area contributed by atoms with Gasteiger partial charge in [-0.1, -0.05) is 44.9 Å². The molecule has 150 valence electrons. The van der Waals surface area contributed by atoms with Gasteiger partial charge in [-0.05, 0) is 36.5 Å². The standard InChI is InChI=1S/C20H27N5O2S/c1-12-7-6-10-16(13(12)2)21-20(28)23-22-18(26)11-17-14-8-4-5-9-15(14)19(27)25(3)24-17/h4-5,8-9,12-13,16H,6-7,10-11H2,1-3H3,(H,22,26)(H2,21,23,28)/t12-,13-,16-/m1/s1. The van der Waals surface area contributed by atoms with Gasteiger partial charge in [-0.15, -0.1) is 0 Å². The van der Waals surface area contributed by atoms with Gasteiger partial charge in [0.25, 0.3) is 5.56 Å². The van der Waals surface area contributed by atoms with E-state index < -0.39 is 0 Å². The quantitative estimate of drug-likeness (QED) is 0.537. The van der Waals surface area contributed by atoms with Crippen LogP contribution in [0.2, 0.25) is 0 Å². The number of amides is 1. The van der Waals surface area contributed by atoms with Crippen LogP contribution in [-0.4, -0.2) is 26.8 Å². The highest BCUT2D eigenvalue weighted by atomic mass is 32.1. The van der Waals surface area contributed by atoms with Crippen molar-refractivity contribution < 1.29 is 4.79 Å². The Hall–Kier alpha value is -2.48. The van der Waals surface area contributed by atoms with Crippen LogP contribution >= 0.6 is 12.2 Å². The average molecular weight is 402 g/mol. The van der Waals surface area contributed by atoms with Gasteiger partial charge in [0.05, 0.1) is 17.5 Å². The summed E-state index contributed by atoms with van der Waals surface area (Å²) in [4.78, 5) is 24.6. The Kier molecular flexibility index (Phi) is 6.28. The van der Waals surface area contributed by atoms with E-state index in [0.717, 1.165) is 6.42 Å². The van der Waals surface area contributed by atoms with E-state index in [1.807, 2.05) is 6.07 Å². The van der Waals surface area contributed by atoms with Crippen molar-refractivity contribution in [2.75, 3.05) is 0 Å². The first kappa shape index (κ1) is 20.3. The smallest absolute Gasteiger partial charge is 0.274 e. The highest BCUT2D eigenvalue weighted by molar-refractivity contribution is 7.80. The third kappa shape index (κ3) is 4.49. The first-order valence-electron chi connectivity index (χ1n) is 9.67. The first-order valence-corrected chi connectivity index (χ1v) is 10.1. The summed E-state index contributed by atoms with van der Waals surface area (Å²) in [5.41, 5.74) is 5.77. The Labute approximate surface area is 169 Å². The number of thiocarbonyl (C=S) groups is 1. The molecule has 1 aromatic carbocycles. The lowest BCUT2D eigenvalue weighted by atomic mass is 9.78. The molecule has 0 bridgehead atoms. The summed E-state index contributed by atoms with van der Waals surface area (Å²) in [5.74, 6) is 0.920. The van der Waals surface area contributed by atoms with Crippen LogP contribution in [0.3, 0.4) is 0 Å². The molecule has 0 spiro atoms. The summed E-state index contributed by atoms with van der Waals surface area (Å²) < 4.78 is 1.26. The minimum absolute atomic E-state index is 0.0428. The Morgan fingerprint density at radius 2 is 1.93 bits per heavy atom. The van der Waals surface area contributed by atoms with Crippen molar-refractivity contribution in [3.05, 3.63) is 40.3 Å². The molecule has 3 N–H and O–H groups in total. The molecule has 7 nitrogen and oxygen atoms in total. The van der Waals surface area contributed by atoms with Gasteiger partial charge in [-0.25, -0.2) is 4.68 Å². The molecule has 1 saturated carbocycles. The van der Waals surface area contributed by atoms with Crippen LogP contribution in [0.25, 0.3) is 10.8 Å². The van der Waals surface area contributed by atoms with E-state index in [-0.39, 0.29) is 17.9 Å². The normalized spacial score (nSPS) is 21.9. The summed E-state index contributed by atoms with van der Waals surface area (Å²) >= 11 is 5.33. The molecule has 2 aromatic rings. The number of hydrazine groups is 1. The van der Waals surface area contributed by atoms with Gasteiger partial charge < -0.3 is 5.32 Å². The molecule has 8 heteroatoms. The van der Waals surface area contributed by atoms with Crippen molar-refractivity contribution in [2.45, 2.75) is 45.6 Å². The topological polar surface area (TPSA) is 88.0 Å². The van der Waals surface area contributed by atoms with Crippen molar-refractivity contribution in [3.63, 3.8) is 0 Å². The zero-order valence-electron chi connectivity index (χ0n) is 16.5. The second kappa shape index (κ2) is 8.68. The zero-order valence-corrected chi connectivity index (χ0v) is 17.3. The molecular formula is C20H27N5O2S. The third-order valence-electron chi connectivity index (χ3n) is 5.70. The van der Waals surface area contributed by atoms with E-state index >= 15 is 0 Å². The van der Waals surface area contributed by atoms with Crippen LogP contribution in [0.15, 0.2) is 29.1 Å². The molecule has 1 amide bonds. The van der Waals surface area contributed by atoms with Gasteiger partial charge in [0.2, 0.25) is 5.91 Å². The van der Waals surface area contributed by atoms with E-state index in [9.17, 15) is 9.59 Å². The van der Waals surface area contributed by atoms with Gasteiger partial charge in [-0.3, -0.25) is 20.4 Å². The van der Waals surface area contributed by atoms with E-state index in [1.54, 1.807) is 25.2 Å². The second-order valence-electron chi connectivity index (χ2n) is 7.62. The van der Waals surface area contributed by atoms with Crippen molar-refractivity contribution in [2.24, 2.45) is 18.9 Å². The average Bonchev–Trinajstić information content (AvgIpc) is 2.68. The Morgan fingerprint density at radius 3 is 2.68 bits per heavy atom. The predicted octanol–water partition coefficient (Wildman–Crippen LogP) is 1.80. The highest BCUT2D eigenvalue weighted by Crippen LogP contribution is 2.29. The lowest BCUT2D eigenvalue weighted by Gasteiger charge is -2.35. The number of nitrogens with one attached hydrogen (secondary N) is 3. The van der Waals surface area contributed by atoms with Crippen LogP contribution in [0.5, 0.6) is 0 Å². The number of benzene rings is 1. The highest BCUT2D eigenvalue weighted by Gasteiger charge is 2.27. The van der Waals surface area contributed by atoms with Crippen molar-refractivity contribution >= 4 is 34.0 Å². The van der Waals surface area contributed by atoms with Gasteiger partial charge in [-0.2, -0.15) is 5.10 Å². The van der Waals surface area contributed by atoms with E-state index in [4.69, 9.17) is 12.2 Å². The molecule has 1 aliphatic carbocycles. The number of hydrogen-bond acceptors (Lipinski definition) is 4. The molecule has 3 atom stereocenters. The summed E-state index contributed by atoms with van der Waals surface area (Å²) in [6.45, 7) is 4.50. The van der Waals surface area contributed by atoms with Gasteiger partial charge >= 0.3 is 0 Å². The number of carbonyl (C=O) groups is 1. The van der Waals surface area contributed by atoms with Gasteiger partial charge in [0.15, 0.2) is 5.11 Å². The molecule has 0 aliphatic heterocycles. The lowest BCUT2D eigenvalue weighted by Crippen LogP contribution is -2.52. The second-order valence-corrected chi connectivity index (χ2v) is 8.03. The van der Waals surface area contributed by atoms with E-state index in [1.165, 1.54) is 17.5 Å². The van der Waals surface area contributed by atoms with Gasteiger partial charge in [0.1, 0.15) is 0 Å². The number of fused-ring (bicyclic) bond motifs is 1. The number of rotatable bonds is 3. The molecule has 1 fully saturated rings. The molecule has 0 unspecified atom stereocenters. The summed E-state index contributed by atoms with van der Waals surface area (Å²) in [7, 11) is 1.58. The fraction of sp³-hybridized carbons (Fsp3) is 0.500. The van der Waals surface area contributed by atoms with E-state index in [2.05, 4.69) is 35.1 Å².